The highest BCUT2D eigenvalue weighted by Crippen LogP contribution is 2.34. The molecule has 2 atom stereocenters. The molecule has 1 aromatic heterocycles. The molecule has 0 amide bonds. The monoisotopic (exact) mass is 286 g/mol. The lowest BCUT2D eigenvalue weighted by Gasteiger charge is -2.29. The SMILES string of the molecule is CCCCC[C@@H]1N[C@@H](C(=O)O)Cc2c1[nH]c1ccccc21. The summed E-state index contributed by atoms with van der Waals surface area (Å²) < 4.78 is 0. The molecule has 1 aromatic carbocycles. The second kappa shape index (κ2) is 5.90. The Bertz CT molecular complexity index is 647. The Labute approximate surface area is 124 Å². The van der Waals surface area contributed by atoms with E-state index in [1.54, 1.807) is 0 Å². The smallest absolute Gasteiger partial charge is 0.321 e. The molecule has 0 fully saturated rings. The maximum Gasteiger partial charge on any atom is 0.321 e. The largest absolute Gasteiger partial charge is 0.480 e. The molecule has 4 nitrogen and oxygen atoms in total. The molecule has 2 aromatic rings. The predicted molar refractivity (Wildman–Crippen MR) is 83.4 cm³/mol. The fourth-order valence-corrected chi connectivity index (χ4v) is 3.31. The number of fused-ring (bicyclic) bond motifs is 3. The molecular weight excluding hydrogens is 264 g/mol. The van der Waals surface area contributed by atoms with E-state index in [4.69, 9.17) is 0 Å². The van der Waals surface area contributed by atoms with Crippen molar-refractivity contribution < 1.29 is 9.90 Å². The van der Waals surface area contributed by atoms with Crippen LogP contribution < -0.4 is 5.32 Å². The van der Waals surface area contributed by atoms with E-state index in [1.165, 1.54) is 29.5 Å². The lowest BCUT2D eigenvalue weighted by atomic mass is 9.91. The first kappa shape index (κ1) is 14.1. The minimum absolute atomic E-state index is 0.119. The van der Waals surface area contributed by atoms with Crippen molar-refractivity contribution in [3.63, 3.8) is 0 Å². The standard InChI is InChI=1S/C17H22N2O2/c1-2-3-4-9-14-16-12(10-15(18-14)17(20)21)11-7-5-6-8-13(11)19-16/h5-8,14-15,18-19H,2-4,9-10H2,1H3,(H,20,21)/t14-,15+/m0/s1. The van der Waals surface area contributed by atoms with Gasteiger partial charge in [0.2, 0.25) is 0 Å². The van der Waals surface area contributed by atoms with Crippen LogP contribution in [0.4, 0.5) is 0 Å². The van der Waals surface area contributed by atoms with Crippen LogP contribution in [0, 0.1) is 0 Å². The van der Waals surface area contributed by atoms with Gasteiger partial charge in [-0.25, -0.2) is 0 Å². The number of rotatable bonds is 5. The van der Waals surface area contributed by atoms with Crippen molar-refractivity contribution in [1.29, 1.82) is 0 Å². The Balaban J connectivity index is 1.96. The lowest BCUT2D eigenvalue weighted by molar-refractivity contribution is -0.139. The zero-order chi connectivity index (χ0) is 14.8. The number of nitrogens with one attached hydrogen (secondary N) is 2. The summed E-state index contributed by atoms with van der Waals surface area (Å²) in [5.74, 6) is -0.758. The molecule has 112 valence electrons. The van der Waals surface area contributed by atoms with E-state index >= 15 is 0 Å². The zero-order valence-electron chi connectivity index (χ0n) is 12.4. The molecule has 1 aliphatic rings. The highest BCUT2D eigenvalue weighted by molar-refractivity contribution is 5.86. The third-order valence-corrected chi connectivity index (χ3v) is 4.40. The molecule has 3 rings (SSSR count). The van der Waals surface area contributed by atoms with Crippen molar-refractivity contribution in [2.45, 2.75) is 51.1 Å². The van der Waals surface area contributed by atoms with Gasteiger partial charge in [-0.2, -0.15) is 0 Å². The van der Waals surface area contributed by atoms with E-state index in [0.29, 0.717) is 6.42 Å². The van der Waals surface area contributed by atoms with E-state index < -0.39 is 12.0 Å². The first-order chi connectivity index (χ1) is 10.2. The van der Waals surface area contributed by atoms with Gasteiger partial charge in [0.15, 0.2) is 0 Å². The van der Waals surface area contributed by atoms with E-state index in [0.717, 1.165) is 18.4 Å². The van der Waals surface area contributed by atoms with Gasteiger partial charge in [0.05, 0.1) is 0 Å². The summed E-state index contributed by atoms with van der Waals surface area (Å²) in [7, 11) is 0. The molecule has 21 heavy (non-hydrogen) atoms. The highest BCUT2D eigenvalue weighted by Gasteiger charge is 2.32. The molecule has 4 heteroatoms. The molecule has 0 saturated heterocycles. The number of carbonyl (C=O) groups is 1. The Morgan fingerprint density at radius 1 is 1.33 bits per heavy atom. The number of benzene rings is 1. The van der Waals surface area contributed by atoms with E-state index in [2.05, 4.69) is 29.4 Å². The number of carboxylic acids is 1. The number of aromatic nitrogens is 1. The first-order valence-electron chi connectivity index (χ1n) is 7.79. The zero-order valence-corrected chi connectivity index (χ0v) is 12.4. The van der Waals surface area contributed by atoms with Gasteiger partial charge in [-0.3, -0.25) is 10.1 Å². The van der Waals surface area contributed by atoms with Crippen LogP contribution in [0.15, 0.2) is 24.3 Å². The maximum absolute atomic E-state index is 11.4. The highest BCUT2D eigenvalue weighted by atomic mass is 16.4. The van der Waals surface area contributed by atoms with Crippen molar-refractivity contribution in [1.82, 2.24) is 10.3 Å². The summed E-state index contributed by atoms with van der Waals surface area (Å²) >= 11 is 0. The number of H-pyrrole nitrogens is 1. The van der Waals surface area contributed by atoms with Crippen LogP contribution in [0.5, 0.6) is 0 Å². The number of hydrogen-bond acceptors (Lipinski definition) is 2. The number of carboxylic acid groups (broad SMARTS) is 1. The third-order valence-electron chi connectivity index (χ3n) is 4.40. The summed E-state index contributed by atoms with van der Waals surface area (Å²) in [5, 5.41) is 13.9. The van der Waals surface area contributed by atoms with Crippen LogP contribution >= 0.6 is 0 Å². The topological polar surface area (TPSA) is 65.1 Å². The van der Waals surface area contributed by atoms with Gasteiger partial charge in [0, 0.05) is 29.1 Å². The van der Waals surface area contributed by atoms with Crippen LogP contribution in [0.3, 0.4) is 0 Å². The second-order valence-electron chi connectivity index (χ2n) is 5.87. The molecular formula is C17H22N2O2. The van der Waals surface area contributed by atoms with Crippen molar-refractivity contribution in [3.05, 3.63) is 35.5 Å². The third kappa shape index (κ3) is 2.68. The molecule has 1 aliphatic heterocycles. The Morgan fingerprint density at radius 2 is 2.14 bits per heavy atom. The van der Waals surface area contributed by atoms with E-state index in [-0.39, 0.29) is 6.04 Å². The van der Waals surface area contributed by atoms with Crippen LogP contribution in [-0.4, -0.2) is 22.1 Å². The summed E-state index contributed by atoms with van der Waals surface area (Å²) in [6, 6.07) is 7.81. The maximum atomic E-state index is 11.4. The van der Waals surface area contributed by atoms with Crippen LogP contribution in [0.1, 0.15) is 49.9 Å². The van der Waals surface area contributed by atoms with Gasteiger partial charge in [-0.15, -0.1) is 0 Å². The Kier molecular flexibility index (Phi) is 3.97. The van der Waals surface area contributed by atoms with Gasteiger partial charge in [-0.05, 0) is 18.1 Å². The van der Waals surface area contributed by atoms with Gasteiger partial charge >= 0.3 is 5.97 Å². The average molecular weight is 286 g/mol. The number of aliphatic carboxylic acids is 1. The van der Waals surface area contributed by atoms with Gasteiger partial charge in [0.25, 0.3) is 0 Å². The normalized spacial score (nSPS) is 21.4. The van der Waals surface area contributed by atoms with Crippen molar-refractivity contribution >= 4 is 16.9 Å². The molecule has 2 heterocycles. The summed E-state index contributed by atoms with van der Waals surface area (Å²) in [4.78, 5) is 14.9. The Morgan fingerprint density at radius 3 is 2.90 bits per heavy atom. The first-order valence-corrected chi connectivity index (χ1v) is 7.79. The Hall–Kier alpha value is -1.81. The summed E-state index contributed by atoms with van der Waals surface area (Å²) in [6.07, 6.45) is 5.02. The van der Waals surface area contributed by atoms with E-state index in [1.807, 2.05) is 12.1 Å². The quantitative estimate of drug-likeness (QED) is 0.738. The second-order valence-corrected chi connectivity index (χ2v) is 5.87. The summed E-state index contributed by atoms with van der Waals surface area (Å²) in [5.41, 5.74) is 3.47. The average Bonchev–Trinajstić information content (AvgIpc) is 2.86. The molecule has 3 N–H and O–H groups in total. The van der Waals surface area contributed by atoms with Crippen LogP contribution in [0.25, 0.3) is 10.9 Å². The molecule has 0 spiro atoms. The van der Waals surface area contributed by atoms with E-state index in [9.17, 15) is 9.90 Å². The van der Waals surface area contributed by atoms with Crippen LogP contribution in [0.2, 0.25) is 0 Å². The van der Waals surface area contributed by atoms with Crippen molar-refractivity contribution in [3.8, 4) is 0 Å². The van der Waals surface area contributed by atoms with Crippen molar-refractivity contribution in [2.24, 2.45) is 0 Å². The molecule has 0 radical (unpaired) electrons. The molecule has 0 bridgehead atoms. The molecule has 0 unspecified atom stereocenters. The number of para-hydroxylation sites is 1. The number of aromatic amines is 1. The van der Waals surface area contributed by atoms with Crippen LogP contribution in [-0.2, 0) is 11.2 Å². The molecule has 0 aliphatic carbocycles. The van der Waals surface area contributed by atoms with Gasteiger partial charge < -0.3 is 10.1 Å². The van der Waals surface area contributed by atoms with Crippen molar-refractivity contribution in [2.75, 3.05) is 0 Å². The number of hydrogen-bond donors (Lipinski definition) is 3. The fraction of sp³-hybridized carbons (Fsp3) is 0.471. The van der Waals surface area contributed by atoms with Gasteiger partial charge in [0.1, 0.15) is 6.04 Å². The fourth-order valence-electron chi connectivity index (χ4n) is 3.31. The minimum atomic E-state index is -0.758. The molecule has 0 saturated carbocycles. The van der Waals surface area contributed by atoms with Gasteiger partial charge in [-0.1, -0.05) is 44.4 Å². The predicted octanol–water partition coefficient (Wildman–Crippen LogP) is 3.39. The summed E-state index contributed by atoms with van der Waals surface area (Å²) in [6.45, 7) is 2.18. The number of unbranched alkanes of at least 4 members (excludes halogenated alkanes) is 2. The minimum Gasteiger partial charge on any atom is -0.480 e. The lowest BCUT2D eigenvalue weighted by Crippen LogP contribution is -2.44.